The van der Waals surface area contributed by atoms with Crippen molar-refractivity contribution in [3.8, 4) is 5.75 Å². The Morgan fingerprint density at radius 1 is 1.37 bits per heavy atom. The van der Waals surface area contributed by atoms with Crippen molar-refractivity contribution in [2.24, 2.45) is 0 Å². The predicted octanol–water partition coefficient (Wildman–Crippen LogP) is 2.75. The van der Waals surface area contributed by atoms with Gasteiger partial charge in [-0.05, 0) is 30.2 Å². The van der Waals surface area contributed by atoms with Gasteiger partial charge in [0.05, 0.1) is 23.4 Å². The number of amides is 1. The molecule has 1 aliphatic heterocycles. The molecule has 0 aliphatic carbocycles. The molecule has 0 radical (unpaired) electrons. The number of carbonyl (C=O) groups excluding carboxylic acids is 1. The Hall–Kier alpha value is -1.99. The summed E-state index contributed by atoms with van der Waals surface area (Å²) in [6.45, 7) is 2.22. The quantitative estimate of drug-likeness (QED) is 0.662. The molecule has 0 saturated carbocycles. The SMILES string of the molecule is COc1cc(N)c(Cl)cc1C(=O)NN1CCNCC1Cc1cccc(Cl)c1. The van der Waals surface area contributed by atoms with Crippen molar-refractivity contribution in [2.45, 2.75) is 12.5 Å². The van der Waals surface area contributed by atoms with E-state index in [2.05, 4.69) is 10.7 Å². The van der Waals surface area contributed by atoms with Crippen LogP contribution in [0, 0.1) is 0 Å². The Bertz CT molecular complexity index is 831. The second kappa shape index (κ2) is 8.80. The first-order valence-electron chi connectivity index (χ1n) is 8.63. The van der Waals surface area contributed by atoms with E-state index in [1.807, 2.05) is 29.3 Å². The van der Waals surface area contributed by atoms with Crippen molar-refractivity contribution in [1.29, 1.82) is 0 Å². The highest BCUT2D eigenvalue weighted by atomic mass is 35.5. The number of methoxy groups -OCH3 is 1. The average Bonchev–Trinajstić information content (AvgIpc) is 2.65. The third-order valence-corrected chi connectivity index (χ3v) is 5.08. The molecule has 6 nitrogen and oxygen atoms in total. The third kappa shape index (κ3) is 4.84. The molecule has 144 valence electrons. The van der Waals surface area contributed by atoms with Gasteiger partial charge in [-0.2, -0.15) is 0 Å². The molecule has 1 amide bonds. The zero-order valence-electron chi connectivity index (χ0n) is 15.0. The van der Waals surface area contributed by atoms with Crippen LogP contribution in [-0.4, -0.2) is 43.7 Å². The number of nitrogens with two attached hydrogens (primary N) is 1. The number of benzene rings is 2. The molecule has 0 spiro atoms. The van der Waals surface area contributed by atoms with Gasteiger partial charge < -0.3 is 15.8 Å². The summed E-state index contributed by atoms with van der Waals surface area (Å²) in [6.07, 6.45) is 0.757. The van der Waals surface area contributed by atoms with Crippen molar-refractivity contribution >= 4 is 34.8 Å². The van der Waals surface area contributed by atoms with E-state index in [1.165, 1.54) is 13.2 Å². The summed E-state index contributed by atoms with van der Waals surface area (Å²) in [4.78, 5) is 12.8. The van der Waals surface area contributed by atoms with Crippen LogP contribution in [0.3, 0.4) is 0 Å². The van der Waals surface area contributed by atoms with Gasteiger partial charge in [0.15, 0.2) is 0 Å². The zero-order chi connectivity index (χ0) is 19.4. The molecule has 1 atom stereocenters. The summed E-state index contributed by atoms with van der Waals surface area (Å²) < 4.78 is 5.28. The van der Waals surface area contributed by atoms with Gasteiger partial charge in [-0.15, -0.1) is 0 Å². The lowest BCUT2D eigenvalue weighted by Gasteiger charge is -2.36. The Labute approximate surface area is 168 Å². The zero-order valence-corrected chi connectivity index (χ0v) is 16.5. The lowest BCUT2D eigenvalue weighted by molar-refractivity contribution is 0.0611. The smallest absolute Gasteiger partial charge is 0.269 e. The minimum Gasteiger partial charge on any atom is -0.496 e. The maximum absolute atomic E-state index is 12.8. The molecule has 1 unspecified atom stereocenters. The van der Waals surface area contributed by atoms with E-state index in [4.69, 9.17) is 33.7 Å². The van der Waals surface area contributed by atoms with Gasteiger partial charge in [0, 0.05) is 36.8 Å². The predicted molar refractivity (Wildman–Crippen MR) is 108 cm³/mol. The van der Waals surface area contributed by atoms with E-state index < -0.39 is 0 Å². The van der Waals surface area contributed by atoms with E-state index in [-0.39, 0.29) is 11.9 Å². The number of nitrogens with one attached hydrogen (secondary N) is 2. The first-order chi connectivity index (χ1) is 13.0. The molecule has 1 heterocycles. The van der Waals surface area contributed by atoms with Crippen molar-refractivity contribution in [2.75, 3.05) is 32.5 Å². The van der Waals surface area contributed by atoms with Crippen LogP contribution >= 0.6 is 23.2 Å². The molecule has 1 saturated heterocycles. The van der Waals surface area contributed by atoms with Gasteiger partial charge in [-0.3, -0.25) is 10.2 Å². The first kappa shape index (κ1) is 19.8. The number of hydrogen-bond donors (Lipinski definition) is 3. The van der Waals surface area contributed by atoms with Gasteiger partial charge in [0.1, 0.15) is 5.75 Å². The number of carbonyl (C=O) groups is 1. The van der Waals surface area contributed by atoms with Gasteiger partial charge in [0.2, 0.25) is 0 Å². The second-order valence-electron chi connectivity index (χ2n) is 6.40. The minimum absolute atomic E-state index is 0.0939. The number of hydrogen-bond acceptors (Lipinski definition) is 5. The summed E-state index contributed by atoms with van der Waals surface area (Å²) in [6, 6.07) is 10.9. The van der Waals surface area contributed by atoms with Crippen LogP contribution < -0.4 is 21.2 Å². The van der Waals surface area contributed by atoms with E-state index in [0.717, 1.165) is 25.1 Å². The van der Waals surface area contributed by atoms with Crippen LogP contribution in [0.15, 0.2) is 36.4 Å². The summed E-state index contributed by atoms with van der Waals surface area (Å²) in [5, 5.41) is 6.33. The van der Waals surface area contributed by atoms with Crippen LogP contribution in [0.4, 0.5) is 5.69 Å². The van der Waals surface area contributed by atoms with Gasteiger partial charge in [-0.25, -0.2) is 5.01 Å². The number of rotatable bonds is 5. The van der Waals surface area contributed by atoms with Crippen molar-refractivity contribution < 1.29 is 9.53 Å². The Kier molecular flexibility index (Phi) is 6.44. The normalized spacial score (nSPS) is 17.5. The molecule has 3 rings (SSSR count). The van der Waals surface area contributed by atoms with Crippen LogP contribution in [-0.2, 0) is 6.42 Å². The fourth-order valence-electron chi connectivity index (χ4n) is 3.13. The summed E-state index contributed by atoms with van der Waals surface area (Å²) in [5.74, 6) is 0.0997. The number of nitrogens with zero attached hydrogens (tertiary/aromatic N) is 1. The molecule has 2 aromatic rings. The summed E-state index contributed by atoms with van der Waals surface area (Å²) in [7, 11) is 1.49. The molecular formula is C19H22Cl2N4O2. The average molecular weight is 409 g/mol. The third-order valence-electron chi connectivity index (χ3n) is 4.52. The van der Waals surface area contributed by atoms with Crippen LogP contribution in [0.1, 0.15) is 15.9 Å². The monoisotopic (exact) mass is 408 g/mol. The first-order valence-corrected chi connectivity index (χ1v) is 9.39. The van der Waals surface area contributed by atoms with E-state index in [1.54, 1.807) is 6.07 Å². The summed E-state index contributed by atoms with van der Waals surface area (Å²) in [5.41, 5.74) is 10.6. The van der Waals surface area contributed by atoms with Gasteiger partial charge in [0.25, 0.3) is 5.91 Å². The maximum Gasteiger partial charge on any atom is 0.269 e. The number of piperazine rings is 1. The highest BCUT2D eigenvalue weighted by Crippen LogP contribution is 2.29. The Morgan fingerprint density at radius 2 is 2.19 bits per heavy atom. The molecule has 8 heteroatoms. The standard InChI is InChI=1S/C19H22Cl2N4O2/c1-27-18-10-17(22)16(21)9-15(18)19(26)24-25-6-5-23-11-14(25)8-12-3-2-4-13(20)7-12/h2-4,7,9-10,14,23H,5-6,8,11,22H2,1H3,(H,24,26). The number of nitrogen functional groups attached to an aromatic ring is 1. The molecule has 27 heavy (non-hydrogen) atoms. The molecule has 1 aliphatic rings. The number of ether oxygens (including phenoxy) is 1. The molecule has 0 bridgehead atoms. The topological polar surface area (TPSA) is 79.6 Å². The lowest BCUT2D eigenvalue weighted by Crippen LogP contribution is -2.59. The van der Waals surface area contributed by atoms with Crippen LogP contribution in [0.5, 0.6) is 5.75 Å². The Balaban J connectivity index is 1.76. The molecule has 2 aromatic carbocycles. The van der Waals surface area contributed by atoms with Crippen molar-refractivity contribution in [1.82, 2.24) is 15.8 Å². The van der Waals surface area contributed by atoms with Crippen molar-refractivity contribution in [3.63, 3.8) is 0 Å². The summed E-state index contributed by atoms with van der Waals surface area (Å²) >= 11 is 12.2. The fraction of sp³-hybridized carbons (Fsp3) is 0.316. The van der Waals surface area contributed by atoms with Crippen LogP contribution in [0.2, 0.25) is 10.0 Å². The van der Waals surface area contributed by atoms with E-state index in [9.17, 15) is 4.79 Å². The largest absolute Gasteiger partial charge is 0.496 e. The molecular weight excluding hydrogens is 387 g/mol. The highest BCUT2D eigenvalue weighted by molar-refractivity contribution is 6.33. The van der Waals surface area contributed by atoms with Gasteiger partial charge in [-0.1, -0.05) is 35.3 Å². The Morgan fingerprint density at radius 3 is 2.93 bits per heavy atom. The molecule has 0 aromatic heterocycles. The second-order valence-corrected chi connectivity index (χ2v) is 7.24. The molecule has 4 N–H and O–H groups in total. The van der Waals surface area contributed by atoms with Crippen LogP contribution in [0.25, 0.3) is 0 Å². The van der Waals surface area contributed by atoms with Crippen molar-refractivity contribution in [3.05, 3.63) is 57.6 Å². The minimum atomic E-state index is -0.285. The number of hydrazine groups is 1. The fourth-order valence-corrected chi connectivity index (χ4v) is 3.51. The number of halogens is 2. The highest BCUT2D eigenvalue weighted by Gasteiger charge is 2.26. The van der Waals surface area contributed by atoms with E-state index >= 15 is 0 Å². The van der Waals surface area contributed by atoms with E-state index in [0.29, 0.717) is 33.6 Å². The molecule has 1 fully saturated rings. The maximum atomic E-state index is 12.8. The number of anilines is 1. The lowest BCUT2D eigenvalue weighted by atomic mass is 10.0. The van der Waals surface area contributed by atoms with Gasteiger partial charge >= 0.3 is 0 Å².